The standard InChI is InChI=1S/C13H20FN3O2/c1-3-17(4-2)6-5-16-12-8-10(14)9(13(18)19)7-11(12)15/h7-8,16H,3-6,15H2,1-2H3,(H,18,19). The second kappa shape index (κ2) is 6.94. The third-order valence-corrected chi connectivity index (χ3v) is 3.01. The van der Waals surface area contributed by atoms with Crippen LogP contribution < -0.4 is 11.1 Å². The first-order valence-electron chi connectivity index (χ1n) is 6.28. The maximum absolute atomic E-state index is 13.5. The fraction of sp³-hybridized carbons (Fsp3) is 0.462. The monoisotopic (exact) mass is 269 g/mol. The molecule has 0 spiro atoms. The largest absolute Gasteiger partial charge is 0.478 e. The summed E-state index contributed by atoms with van der Waals surface area (Å²) in [4.78, 5) is 13.0. The molecule has 1 rings (SSSR count). The average Bonchev–Trinajstić information content (AvgIpc) is 2.37. The van der Waals surface area contributed by atoms with Crippen molar-refractivity contribution in [3.05, 3.63) is 23.5 Å². The molecule has 106 valence electrons. The van der Waals surface area contributed by atoms with E-state index in [0.717, 1.165) is 31.8 Å². The lowest BCUT2D eigenvalue weighted by Gasteiger charge is -2.19. The number of nitrogens with zero attached hydrogens (tertiary/aromatic N) is 1. The van der Waals surface area contributed by atoms with Gasteiger partial charge in [-0.25, -0.2) is 9.18 Å². The van der Waals surface area contributed by atoms with E-state index in [9.17, 15) is 9.18 Å². The molecule has 6 heteroatoms. The molecule has 0 atom stereocenters. The Kier molecular flexibility index (Phi) is 5.57. The minimum atomic E-state index is -1.32. The van der Waals surface area contributed by atoms with Crippen molar-refractivity contribution in [3.8, 4) is 0 Å². The van der Waals surface area contributed by atoms with E-state index in [1.54, 1.807) is 0 Å². The number of likely N-dealkylation sites (N-methyl/N-ethyl adjacent to an activating group) is 1. The van der Waals surface area contributed by atoms with Gasteiger partial charge in [0.15, 0.2) is 0 Å². The Morgan fingerprint density at radius 2 is 2.05 bits per heavy atom. The van der Waals surface area contributed by atoms with Crippen molar-refractivity contribution in [2.45, 2.75) is 13.8 Å². The third-order valence-electron chi connectivity index (χ3n) is 3.01. The van der Waals surface area contributed by atoms with Crippen LogP contribution in [-0.4, -0.2) is 42.2 Å². The number of carbonyl (C=O) groups is 1. The van der Waals surface area contributed by atoms with Crippen molar-refractivity contribution < 1.29 is 14.3 Å². The van der Waals surface area contributed by atoms with E-state index < -0.39 is 17.3 Å². The van der Waals surface area contributed by atoms with Gasteiger partial charge >= 0.3 is 5.97 Å². The number of anilines is 2. The fourth-order valence-electron chi connectivity index (χ4n) is 1.80. The van der Waals surface area contributed by atoms with Gasteiger partial charge in [-0.05, 0) is 25.2 Å². The molecule has 5 nitrogen and oxygen atoms in total. The van der Waals surface area contributed by atoms with Gasteiger partial charge in [-0.1, -0.05) is 13.8 Å². The predicted molar refractivity (Wildman–Crippen MR) is 74.0 cm³/mol. The number of benzene rings is 1. The van der Waals surface area contributed by atoms with Crippen LogP contribution >= 0.6 is 0 Å². The van der Waals surface area contributed by atoms with Gasteiger partial charge in [-0.15, -0.1) is 0 Å². The molecule has 0 radical (unpaired) electrons. The lowest BCUT2D eigenvalue weighted by molar-refractivity contribution is 0.0692. The summed E-state index contributed by atoms with van der Waals surface area (Å²) in [6.07, 6.45) is 0. The highest BCUT2D eigenvalue weighted by Crippen LogP contribution is 2.22. The molecule has 0 fully saturated rings. The molecule has 0 aromatic heterocycles. The third kappa shape index (κ3) is 4.10. The van der Waals surface area contributed by atoms with E-state index in [1.165, 1.54) is 0 Å². The van der Waals surface area contributed by atoms with Crippen molar-refractivity contribution in [2.24, 2.45) is 0 Å². The molecule has 0 saturated carbocycles. The highest BCUT2D eigenvalue weighted by atomic mass is 19.1. The number of rotatable bonds is 7. The van der Waals surface area contributed by atoms with Crippen molar-refractivity contribution in [2.75, 3.05) is 37.2 Å². The Labute approximate surface area is 112 Å². The van der Waals surface area contributed by atoms with Gasteiger partial charge in [0, 0.05) is 13.1 Å². The molecule has 0 unspecified atom stereocenters. The normalized spacial score (nSPS) is 10.7. The molecule has 0 aliphatic carbocycles. The predicted octanol–water partition coefficient (Wildman–Crippen LogP) is 1.86. The van der Waals surface area contributed by atoms with Crippen LogP contribution in [-0.2, 0) is 0 Å². The summed E-state index contributed by atoms with van der Waals surface area (Å²) < 4.78 is 13.5. The number of carboxylic acids is 1. The van der Waals surface area contributed by atoms with Gasteiger partial charge in [0.05, 0.1) is 16.9 Å². The second-order valence-electron chi connectivity index (χ2n) is 4.18. The van der Waals surface area contributed by atoms with Crippen LogP contribution in [0.5, 0.6) is 0 Å². The van der Waals surface area contributed by atoms with Crippen molar-refractivity contribution in [1.82, 2.24) is 4.90 Å². The summed E-state index contributed by atoms with van der Waals surface area (Å²) in [5.74, 6) is -2.11. The molecule has 0 aliphatic heterocycles. The molecule has 1 aromatic rings. The molecule has 0 heterocycles. The zero-order chi connectivity index (χ0) is 14.4. The Morgan fingerprint density at radius 1 is 1.42 bits per heavy atom. The number of nitrogen functional groups attached to an aromatic ring is 1. The van der Waals surface area contributed by atoms with E-state index in [1.807, 2.05) is 0 Å². The van der Waals surface area contributed by atoms with Crippen LogP contribution in [0, 0.1) is 5.82 Å². The maximum Gasteiger partial charge on any atom is 0.338 e. The Hall–Kier alpha value is -1.82. The quantitative estimate of drug-likeness (QED) is 0.658. The number of nitrogens with two attached hydrogens (primary N) is 1. The molecule has 0 saturated heterocycles. The number of halogens is 1. The first-order chi connectivity index (χ1) is 8.99. The van der Waals surface area contributed by atoms with Gasteiger partial charge in [-0.2, -0.15) is 0 Å². The molecular formula is C13H20FN3O2. The van der Waals surface area contributed by atoms with Crippen molar-refractivity contribution >= 4 is 17.3 Å². The van der Waals surface area contributed by atoms with Gasteiger partial charge in [-0.3, -0.25) is 0 Å². The van der Waals surface area contributed by atoms with Crippen LogP contribution in [0.2, 0.25) is 0 Å². The number of hydrogen-bond acceptors (Lipinski definition) is 4. The molecule has 19 heavy (non-hydrogen) atoms. The number of hydrogen-bond donors (Lipinski definition) is 3. The van der Waals surface area contributed by atoms with Gasteiger partial charge < -0.3 is 21.1 Å². The summed E-state index contributed by atoms with van der Waals surface area (Å²) in [6, 6.07) is 2.26. The number of aromatic carboxylic acids is 1. The molecular weight excluding hydrogens is 249 g/mol. The average molecular weight is 269 g/mol. The number of nitrogens with one attached hydrogen (secondary N) is 1. The summed E-state index contributed by atoms with van der Waals surface area (Å²) in [6.45, 7) is 7.46. The Morgan fingerprint density at radius 3 is 2.58 bits per heavy atom. The van der Waals surface area contributed by atoms with Crippen LogP contribution in [0.1, 0.15) is 24.2 Å². The van der Waals surface area contributed by atoms with E-state index in [4.69, 9.17) is 10.8 Å². The van der Waals surface area contributed by atoms with Crippen LogP contribution in [0.4, 0.5) is 15.8 Å². The fourth-order valence-corrected chi connectivity index (χ4v) is 1.80. The summed E-state index contributed by atoms with van der Waals surface area (Å²) >= 11 is 0. The maximum atomic E-state index is 13.5. The van der Waals surface area contributed by atoms with E-state index in [2.05, 4.69) is 24.1 Å². The molecule has 0 aliphatic rings. The lowest BCUT2D eigenvalue weighted by Crippen LogP contribution is -2.28. The SMILES string of the molecule is CCN(CC)CCNc1cc(F)c(C(=O)O)cc1N. The highest BCUT2D eigenvalue weighted by Gasteiger charge is 2.13. The first kappa shape index (κ1) is 15.2. The lowest BCUT2D eigenvalue weighted by atomic mass is 10.1. The van der Waals surface area contributed by atoms with E-state index in [-0.39, 0.29) is 5.69 Å². The zero-order valence-electron chi connectivity index (χ0n) is 11.2. The Bertz CT molecular complexity index is 448. The van der Waals surface area contributed by atoms with Gasteiger partial charge in [0.25, 0.3) is 0 Å². The van der Waals surface area contributed by atoms with E-state index >= 15 is 0 Å². The van der Waals surface area contributed by atoms with Crippen LogP contribution in [0.15, 0.2) is 12.1 Å². The summed E-state index contributed by atoms with van der Waals surface area (Å²) in [5, 5.41) is 11.8. The highest BCUT2D eigenvalue weighted by molar-refractivity contribution is 5.90. The molecule has 4 N–H and O–H groups in total. The zero-order valence-corrected chi connectivity index (χ0v) is 11.2. The van der Waals surface area contributed by atoms with Crippen LogP contribution in [0.3, 0.4) is 0 Å². The van der Waals surface area contributed by atoms with Crippen molar-refractivity contribution in [1.29, 1.82) is 0 Å². The Balaban J connectivity index is 2.69. The molecule has 1 aromatic carbocycles. The topological polar surface area (TPSA) is 78.6 Å². The number of carboxylic acid groups (broad SMARTS) is 1. The first-order valence-corrected chi connectivity index (χ1v) is 6.28. The van der Waals surface area contributed by atoms with E-state index in [0.29, 0.717) is 12.2 Å². The van der Waals surface area contributed by atoms with Gasteiger partial charge in [0.2, 0.25) is 0 Å². The second-order valence-corrected chi connectivity index (χ2v) is 4.18. The van der Waals surface area contributed by atoms with Crippen molar-refractivity contribution in [3.63, 3.8) is 0 Å². The molecule has 0 bridgehead atoms. The minimum absolute atomic E-state index is 0.235. The van der Waals surface area contributed by atoms with Crippen LogP contribution in [0.25, 0.3) is 0 Å². The summed E-state index contributed by atoms with van der Waals surface area (Å²) in [5.41, 5.74) is 5.95. The minimum Gasteiger partial charge on any atom is -0.478 e. The van der Waals surface area contributed by atoms with Gasteiger partial charge in [0.1, 0.15) is 5.82 Å². The summed E-state index contributed by atoms with van der Waals surface area (Å²) in [7, 11) is 0. The molecule has 0 amide bonds. The smallest absolute Gasteiger partial charge is 0.338 e.